The average Bonchev–Trinajstić information content (AvgIpc) is 3.01. The van der Waals surface area contributed by atoms with Crippen molar-refractivity contribution in [3.8, 4) is 5.75 Å². The van der Waals surface area contributed by atoms with E-state index in [1.165, 1.54) is 0 Å². The Labute approximate surface area is 143 Å². The number of amides is 1. The van der Waals surface area contributed by atoms with E-state index in [1.54, 1.807) is 36.2 Å². The van der Waals surface area contributed by atoms with E-state index in [2.05, 4.69) is 5.32 Å². The van der Waals surface area contributed by atoms with E-state index < -0.39 is 0 Å². The summed E-state index contributed by atoms with van der Waals surface area (Å²) >= 11 is 13.5. The number of nitrogens with one attached hydrogen (secondary N) is 1. The van der Waals surface area contributed by atoms with Gasteiger partial charge in [0.15, 0.2) is 6.61 Å². The van der Waals surface area contributed by atoms with Crippen LogP contribution in [0.1, 0.15) is 5.76 Å². The molecule has 0 aliphatic rings. The van der Waals surface area contributed by atoms with Gasteiger partial charge in [-0.1, -0.05) is 23.2 Å². The van der Waals surface area contributed by atoms with Crippen molar-refractivity contribution in [1.29, 1.82) is 0 Å². The fourth-order valence-corrected chi connectivity index (χ4v) is 2.70. The number of furan rings is 1. The highest BCUT2D eigenvalue weighted by Crippen LogP contribution is 2.27. The zero-order valence-electron chi connectivity index (χ0n) is 11.7. The van der Waals surface area contributed by atoms with Crippen molar-refractivity contribution in [2.45, 2.75) is 5.75 Å². The maximum atomic E-state index is 11.7. The van der Waals surface area contributed by atoms with Gasteiger partial charge < -0.3 is 14.5 Å². The molecule has 0 saturated heterocycles. The fraction of sp³-hybridized carbons (Fsp3) is 0.267. The molecule has 0 saturated carbocycles. The molecule has 1 amide bonds. The Morgan fingerprint density at radius 2 is 2.18 bits per heavy atom. The van der Waals surface area contributed by atoms with Crippen LogP contribution < -0.4 is 10.1 Å². The normalized spacial score (nSPS) is 10.5. The standard InChI is InChI=1S/C15H15Cl2NO3S/c16-11-3-4-13(17)14(8-11)21-9-15(19)18-5-7-22-10-12-2-1-6-20-12/h1-4,6,8H,5,7,9-10H2,(H,18,19). The van der Waals surface area contributed by atoms with E-state index in [0.717, 1.165) is 17.3 Å². The highest BCUT2D eigenvalue weighted by atomic mass is 35.5. The molecular weight excluding hydrogens is 345 g/mol. The molecule has 2 rings (SSSR count). The number of halogens is 2. The van der Waals surface area contributed by atoms with E-state index in [1.807, 2.05) is 12.1 Å². The molecule has 0 bridgehead atoms. The fourth-order valence-electron chi connectivity index (χ4n) is 1.61. The second kappa shape index (κ2) is 8.98. The van der Waals surface area contributed by atoms with Crippen LogP contribution in [0.5, 0.6) is 5.75 Å². The van der Waals surface area contributed by atoms with Gasteiger partial charge in [-0.2, -0.15) is 11.8 Å². The highest BCUT2D eigenvalue weighted by molar-refractivity contribution is 7.98. The van der Waals surface area contributed by atoms with Crippen LogP contribution in [0, 0.1) is 0 Å². The molecule has 0 unspecified atom stereocenters. The molecule has 0 fully saturated rings. The number of thioether (sulfide) groups is 1. The summed E-state index contributed by atoms with van der Waals surface area (Å²) in [6, 6.07) is 8.65. The molecule has 1 N–H and O–H groups in total. The van der Waals surface area contributed by atoms with E-state index in [-0.39, 0.29) is 12.5 Å². The minimum absolute atomic E-state index is 0.0943. The van der Waals surface area contributed by atoms with Gasteiger partial charge in [-0.25, -0.2) is 0 Å². The van der Waals surface area contributed by atoms with Crippen LogP contribution in [-0.2, 0) is 10.5 Å². The summed E-state index contributed by atoms with van der Waals surface area (Å²) in [4.78, 5) is 11.7. The third-order valence-electron chi connectivity index (χ3n) is 2.65. The van der Waals surface area contributed by atoms with Crippen molar-refractivity contribution in [2.75, 3.05) is 18.9 Å². The van der Waals surface area contributed by atoms with E-state index >= 15 is 0 Å². The summed E-state index contributed by atoms with van der Waals surface area (Å²) in [6.45, 7) is 0.472. The average molecular weight is 360 g/mol. The van der Waals surface area contributed by atoms with Crippen LogP contribution in [0.3, 0.4) is 0 Å². The molecule has 0 aliphatic carbocycles. The lowest BCUT2D eigenvalue weighted by molar-refractivity contribution is -0.122. The number of carbonyl (C=O) groups is 1. The lowest BCUT2D eigenvalue weighted by atomic mass is 10.3. The molecule has 1 heterocycles. The van der Waals surface area contributed by atoms with Crippen molar-refractivity contribution in [1.82, 2.24) is 5.32 Å². The number of carbonyl (C=O) groups excluding carboxylic acids is 1. The SMILES string of the molecule is O=C(COc1cc(Cl)ccc1Cl)NCCSCc1ccco1. The second-order valence-electron chi connectivity index (χ2n) is 4.35. The summed E-state index contributed by atoms with van der Waals surface area (Å²) in [5.41, 5.74) is 0. The molecule has 4 nitrogen and oxygen atoms in total. The van der Waals surface area contributed by atoms with Gasteiger partial charge >= 0.3 is 0 Å². The molecule has 0 aliphatic heterocycles. The number of hydrogen-bond donors (Lipinski definition) is 1. The van der Waals surface area contributed by atoms with Crippen LogP contribution in [0.25, 0.3) is 0 Å². The van der Waals surface area contributed by atoms with Crippen LogP contribution in [-0.4, -0.2) is 24.8 Å². The quantitative estimate of drug-likeness (QED) is 0.723. The predicted octanol–water partition coefficient (Wildman–Crippen LogP) is 4.01. The molecule has 0 atom stereocenters. The number of hydrogen-bond acceptors (Lipinski definition) is 4. The minimum atomic E-state index is -0.199. The van der Waals surface area contributed by atoms with Crippen LogP contribution in [0.15, 0.2) is 41.0 Å². The van der Waals surface area contributed by atoms with E-state index in [4.69, 9.17) is 32.4 Å². The lowest BCUT2D eigenvalue weighted by Gasteiger charge is -2.09. The van der Waals surface area contributed by atoms with Gasteiger partial charge in [0.05, 0.1) is 17.0 Å². The first-order valence-corrected chi connectivity index (χ1v) is 8.51. The molecule has 22 heavy (non-hydrogen) atoms. The Kier molecular flexibility index (Phi) is 6.96. The molecule has 2 aromatic rings. The summed E-state index contributed by atoms with van der Waals surface area (Å²) < 4.78 is 10.6. The lowest BCUT2D eigenvalue weighted by Crippen LogP contribution is -2.30. The van der Waals surface area contributed by atoms with E-state index in [9.17, 15) is 4.79 Å². The zero-order chi connectivity index (χ0) is 15.8. The summed E-state index contributed by atoms with van der Waals surface area (Å²) in [5.74, 6) is 2.71. The van der Waals surface area contributed by atoms with Gasteiger partial charge in [0.25, 0.3) is 5.91 Å². The summed E-state index contributed by atoms with van der Waals surface area (Å²) in [6.07, 6.45) is 1.65. The van der Waals surface area contributed by atoms with Crippen molar-refractivity contribution in [3.05, 3.63) is 52.4 Å². The van der Waals surface area contributed by atoms with Crippen LogP contribution >= 0.6 is 35.0 Å². The number of benzene rings is 1. The summed E-state index contributed by atoms with van der Waals surface area (Å²) in [5, 5.41) is 3.71. The Morgan fingerprint density at radius 1 is 1.32 bits per heavy atom. The van der Waals surface area contributed by atoms with Gasteiger partial charge in [-0.05, 0) is 24.3 Å². The van der Waals surface area contributed by atoms with Gasteiger partial charge in [-0.3, -0.25) is 4.79 Å². The number of ether oxygens (including phenoxy) is 1. The smallest absolute Gasteiger partial charge is 0.257 e. The van der Waals surface area contributed by atoms with Gasteiger partial charge in [0, 0.05) is 23.4 Å². The molecule has 118 valence electrons. The molecule has 0 radical (unpaired) electrons. The summed E-state index contributed by atoms with van der Waals surface area (Å²) in [7, 11) is 0. The third kappa shape index (κ3) is 5.83. The molecule has 7 heteroatoms. The monoisotopic (exact) mass is 359 g/mol. The number of rotatable bonds is 8. The van der Waals surface area contributed by atoms with Crippen molar-refractivity contribution >= 4 is 40.9 Å². The Bertz CT molecular complexity index is 605. The predicted molar refractivity (Wildman–Crippen MR) is 89.8 cm³/mol. The Morgan fingerprint density at radius 3 is 2.95 bits per heavy atom. The maximum Gasteiger partial charge on any atom is 0.257 e. The second-order valence-corrected chi connectivity index (χ2v) is 6.29. The largest absolute Gasteiger partial charge is 0.482 e. The van der Waals surface area contributed by atoms with Crippen LogP contribution in [0.2, 0.25) is 10.0 Å². The molecule has 1 aromatic carbocycles. The van der Waals surface area contributed by atoms with Crippen molar-refractivity contribution in [2.24, 2.45) is 0 Å². The van der Waals surface area contributed by atoms with Crippen molar-refractivity contribution in [3.63, 3.8) is 0 Å². The first kappa shape index (κ1) is 17.1. The minimum Gasteiger partial charge on any atom is -0.482 e. The molecule has 0 spiro atoms. The molecular formula is C15H15Cl2NO3S. The highest BCUT2D eigenvalue weighted by Gasteiger charge is 2.06. The Hall–Kier alpha value is -1.30. The first-order chi connectivity index (χ1) is 10.6. The third-order valence-corrected chi connectivity index (χ3v) is 4.17. The maximum absolute atomic E-state index is 11.7. The van der Waals surface area contributed by atoms with Gasteiger partial charge in [-0.15, -0.1) is 0 Å². The van der Waals surface area contributed by atoms with Crippen molar-refractivity contribution < 1.29 is 13.9 Å². The molecule has 1 aromatic heterocycles. The topological polar surface area (TPSA) is 51.5 Å². The Balaban J connectivity index is 1.60. The van der Waals surface area contributed by atoms with Gasteiger partial charge in [0.2, 0.25) is 0 Å². The van der Waals surface area contributed by atoms with Gasteiger partial charge in [0.1, 0.15) is 11.5 Å². The van der Waals surface area contributed by atoms with E-state index in [0.29, 0.717) is 22.3 Å². The van der Waals surface area contributed by atoms with Crippen LogP contribution in [0.4, 0.5) is 0 Å². The zero-order valence-corrected chi connectivity index (χ0v) is 14.0. The first-order valence-electron chi connectivity index (χ1n) is 6.60.